The van der Waals surface area contributed by atoms with Crippen LogP contribution in [0.15, 0.2) is 29.2 Å². The summed E-state index contributed by atoms with van der Waals surface area (Å²) < 4.78 is 20.4. The van der Waals surface area contributed by atoms with E-state index in [1.54, 1.807) is 19.1 Å². The molecule has 0 radical (unpaired) electrons. The molecule has 8 heteroatoms. The van der Waals surface area contributed by atoms with Crippen molar-refractivity contribution in [3.63, 3.8) is 0 Å². The summed E-state index contributed by atoms with van der Waals surface area (Å²) in [5.41, 5.74) is 1.03. The van der Waals surface area contributed by atoms with Gasteiger partial charge in [-0.15, -0.1) is 4.48 Å². The van der Waals surface area contributed by atoms with E-state index >= 15 is 0 Å². The molecule has 3 rings (SSSR count). The highest BCUT2D eigenvalue weighted by Gasteiger charge is 2.21. The Morgan fingerprint density at radius 3 is 2.58 bits per heavy atom. The van der Waals surface area contributed by atoms with Gasteiger partial charge in [-0.05, 0) is 32.2 Å². The molecule has 0 unspecified atom stereocenters. The zero-order chi connectivity index (χ0) is 18.8. The molecule has 0 aromatic carbocycles. The monoisotopic (exact) mass is 362 g/mol. The highest BCUT2D eigenvalue weighted by Crippen LogP contribution is 2.31. The number of nitrogens with zero attached hydrogens (tertiary/aromatic N) is 4. The summed E-state index contributed by atoms with van der Waals surface area (Å²) >= 11 is 0. The third-order valence-electron chi connectivity index (χ3n) is 4.62. The lowest BCUT2D eigenvalue weighted by Gasteiger charge is -2.35. The van der Waals surface area contributed by atoms with E-state index < -0.39 is 11.5 Å². The molecule has 0 spiro atoms. The van der Waals surface area contributed by atoms with Crippen molar-refractivity contribution in [2.45, 2.75) is 6.92 Å². The van der Waals surface area contributed by atoms with E-state index in [9.17, 15) is 14.1 Å². The Hall–Kier alpha value is -2.61. The number of carbonyl (C=O) groups excluding carboxylic acids is 1. The summed E-state index contributed by atoms with van der Waals surface area (Å²) in [4.78, 5) is 28.9. The van der Waals surface area contributed by atoms with E-state index in [2.05, 4.69) is 16.8 Å². The van der Waals surface area contributed by atoms with Gasteiger partial charge in [0, 0.05) is 39.4 Å². The second-order valence-electron chi connectivity index (χ2n) is 6.38. The zero-order valence-electron chi connectivity index (χ0n) is 15.2. The Labute approximate surface area is 151 Å². The molecule has 1 fully saturated rings. The summed E-state index contributed by atoms with van der Waals surface area (Å²) in [5, 5.41) is 0.497. The fourth-order valence-corrected chi connectivity index (χ4v) is 3.12. The molecule has 26 heavy (non-hydrogen) atoms. The zero-order valence-corrected chi connectivity index (χ0v) is 15.2. The van der Waals surface area contributed by atoms with Gasteiger partial charge in [0.1, 0.15) is 11.3 Å². The van der Waals surface area contributed by atoms with Crippen LogP contribution in [0.5, 0.6) is 0 Å². The smallest absolute Gasteiger partial charge is 0.343 e. The minimum absolute atomic E-state index is 0.0656. The Kier molecular flexibility index (Phi) is 5.13. The molecular formula is C18H23FN4O3. The second kappa shape index (κ2) is 7.33. The maximum Gasteiger partial charge on any atom is 0.343 e. The summed E-state index contributed by atoms with van der Waals surface area (Å²) in [6.45, 7) is 5.18. The van der Waals surface area contributed by atoms with E-state index in [4.69, 9.17) is 4.74 Å². The summed E-state index contributed by atoms with van der Waals surface area (Å²) in [7, 11) is 3.34. The number of hydrogen-bond acceptors (Lipinski definition) is 6. The fraction of sp³-hybridized carbons (Fsp3) is 0.444. The van der Waals surface area contributed by atoms with Crippen molar-refractivity contribution < 1.29 is 14.0 Å². The highest BCUT2D eigenvalue weighted by atomic mass is 19.2. The largest absolute Gasteiger partial charge is 0.462 e. The first-order chi connectivity index (χ1) is 12.4. The fourth-order valence-electron chi connectivity index (χ4n) is 3.12. The molecule has 1 aliphatic rings. The maximum absolute atomic E-state index is 14.2. The molecule has 1 saturated heterocycles. The number of halogens is 1. The Balaban J connectivity index is 2.11. The lowest BCUT2D eigenvalue weighted by Crippen LogP contribution is -2.44. The Morgan fingerprint density at radius 2 is 1.96 bits per heavy atom. The van der Waals surface area contributed by atoms with Crippen LogP contribution in [-0.2, 0) is 4.74 Å². The van der Waals surface area contributed by atoms with Crippen molar-refractivity contribution in [3.8, 4) is 0 Å². The molecule has 3 heterocycles. The number of carbonyl (C=O) groups is 1. The number of piperazine rings is 1. The van der Waals surface area contributed by atoms with Crippen LogP contribution >= 0.6 is 0 Å². The van der Waals surface area contributed by atoms with E-state index in [-0.39, 0.29) is 17.9 Å². The van der Waals surface area contributed by atoms with Crippen molar-refractivity contribution in [3.05, 3.63) is 40.3 Å². The lowest BCUT2D eigenvalue weighted by molar-refractivity contribution is 0.0524. The lowest BCUT2D eigenvalue weighted by atomic mass is 10.2. The predicted octanol–water partition coefficient (Wildman–Crippen LogP) is 1.55. The maximum atomic E-state index is 14.2. The number of rotatable bonds is 4. The van der Waals surface area contributed by atoms with Crippen LogP contribution in [0.1, 0.15) is 17.3 Å². The number of pyridine rings is 2. The predicted molar refractivity (Wildman–Crippen MR) is 98.8 cm³/mol. The third kappa shape index (κ3) is 3.37. The quantitative estimate of drug-likeness (QED) is 0.608. The van der Waals surface area contributed by atoms with Crippen LogP contribution in [0.25, 0.3) is 5.52 Å². The Morgan fingerprint density at radius 1 is 1.27 bits per heavy atom. The molecule has 7 nitrogen and oxygen atoms in total. The summed E-state index contributed by atoms with van der Waals surface area (Å²) in [6.07, 6.45) is 1.44. The number of fused-ring (bicyclic) bond motifs is 1. The van der Waals surface area contributed by atoms with E-state index in [1.807, 2.05) is 0 Å². The highest BCUT2D eigenvalue weighted by molar-refractivity contribution is 5.89. The number of anilines is 2. The molecule has 2 aromatic heterocycles. The van der Waals surface area contributed by atoms with Crippen molar-refractivity contribution in [2.24, 2.45) is 0 Å². The average Bonchev–Trinajstić information content (AvgIpc) is 2.62. The number of hydrogen-bond donors (Lipinski definition) is 0. The SMILES string of the molecule is CCOC(=O)c1ccc2cc(N3CCN(C)CC3)c(N(C)F)cn2c1=O. The van der Waals surface area contributed by atoms with Crippen molar-refractivity contribution in [2.75, 3.05) is 56.9 Å². The van der Waals surface area contributed by atoms with Gasteiger partial charge in [0.05, 0.1) is 17.8 Å². The van der Waals surface area contributed by atoms with Gasteiger partial charge in [0.15, 0.2) is 0 Å². The van der Waals surface area contributed by atoms with E-state index in [1.165, 1.54) is 23.7 Å². The molecule has 0 saturated carbocycles. The van der Waals surface area contributed by atoms with Crippen LogP contribution in [0.3, 0.4) is 0 Å². The van der Waals surface area contributed by atoms with Gasteiger partial charge >= 0.3 is 5.97 Å². The van der Waals surface area contributed by atoms with Crippen LogP contribution in [0.4, 0.5) is 15.9 Å². The molecule has 140 valence electrons. The van der Waals surface area contributed by atoms with Crippen LogP contribution in [-0.4, -0.2) is 62.2 Å². The van der Waals surface area contributed by atoms with Gasteiger partial charge in [0.25, 0.3) is 5.56 Å². The van der Waals surface area contributed by atoms with Crippen molar-refractivity contribution in [1.29, 1.82) is 0 Å². The molecular weight excluding hydrogens is 339 g/mol. The molecule has 0 N–H and O–H groups in total. The van der Waals surface area contributed by atoms with E-state index in [0.29, 0.717) is 10.6 Å². The van der Waals surface area contributed by atoms with Crippen LogP contribution < -0.4 is 15.6 Å². The van der Waals surface area contributed by atoms with Crippen molar-refractivity contribution >= 4 is 22.9 Å². The van der Waals surface area contributed by atoms with Gasteiger partial charge < -0.3 is 14.5 Å². The number of ether oxygens (including phenoxy) is 1. The van der Waals surface area contributed by atoms with Crippen LogP contribution in [0, 0.1) is 0 Å². The first-order valence-corrected chi connectivity index (χ1v) is 8.62. The first kappa shape index (κ1) is 18.2. The van der Waals surface area contributed by atoms with Gasteiger partial charge in [0.2, 0.25) is 0 Å². The van der Waals surface area contributed by atoms with E-state index in [0.717, 1.165) is 31.9 Å². The first-order valence-electron chi connectivity index (χ1n) is 8.62. The third-order valence-corrected chi connectivity index (χ3v) is 4.62. The number of aromatic nitrogens is 1. The van der Waals surface area contributed by atoms with Gasteiger partial charge in [-0.3, -0.25) is 9.20 Å². The van der Waals surface area contributed by atoms with Gasteiger partial charge in [-0.25, -0.2) is 9.92 Å². The van der Waals surface area contributed by atoms with Gasteiger partial charge in [-0.2, -0.15) is 0 Å². The summed E-state index contributed by atoms with van der Waals surface area (Å²) in [6, 6.07) is 4.92. The average molecular weight is 362 g/mol. The molecule has 0 bridgehead atoms. The minimum Gasteiger partial charge on any atom is -0.462 e. The molecule has 0 amide bonds. The molecule has 0 atom stereocenters. The standard InChI is InChI=1S/C18H23FN4O3/c1-4-26-18(25)14-6-5-13-11-15(22-9-7-20(2)8-10-22)16(21(3)19)12-23(13)17(14)24/h5-6,11-12H,4,7-10H2,1-3H3. The number of esters is 1. The normalized spacial score (nSPS) is 15.3. The topological polar surface area (TPSA) is 57.5 Å². The minimum atomic E-state index is -0.676. The summed E-state index contributed by atoms with van der Waals surface area (Å²) in [5.74, 6) is -0.676. The second-order valence-corrected chi connectivity index (χ2v) is 6.38. The van der Waals surface area contributed by atoms with Gasteiger partial charge in [-0.1, -0.05) is 0 Å². The molecule has 1 aliphatic heterocycles. The van der Waals surface area contributed by atoms with Crippen molar-refractivity contribution in [1.82, 2.24) is 9.30 Å². The number of likely N-dealkylation sites (N-methyl/N-ethyl adjacent to an activating group) is 1. The van der Waals surface area contributed by atoms with Crippen LogP contribution in [0.2, 0.25) is 0 Å². The Bertz CT molecular complexity index is 873. The molecule has 0 aliphatic carbocycles. The molecule has 2 aromatic rings.